The van der Waals surface area contributed by atoms with E-state index < -0.39 is 25.0 Å². The molecular formula is C48H90O5Si3. The van der Waals surface area contributed by atoms with Gasteiger partial charge in [0.25, 0.3) is 0 Å². The van der Waals surface area contributed by atoms with Crippen molar-refractivity contribution in [3.63, 3.8) is 0 Å². The summed E-state index contributed by atoms with van der Waals surface area (Å²) >= 11 is 0. The van der Waals surface area contributed by atoms with Crippen LogP contribution in [0.2, 0.25) is 54.4 Å². The molecule has 4 aliphatic carbocycles. The first-order valence-electron chi connectivity index (χ1n) is 23.6. The summed E-state index contributed by atoms with van der Waals surface area (Å²) in [5, 5.41) is 0.359. The van der Waals surface area contributed by atoms with E-state index >= 15 is 0 Å². The Morgan fingerprint density at radius 2 is 1.32 bits per heavy atom. The van der Waals surface area contributed by atoms with Crippen LogP contribution in [-0.4, -0.2) is 55.3 Å². The smallest absolute Gasteiger partial charge is 0.308 e. The maximum Gasteiger partial charge on any atom is 0.308 e. The normalized spacial score (nSPS) is 29.5. The Bertz CT molecular complexity index is 1300. The van der Waals surface area contributed by atoms with Crippen LogP contribution in [0, 0.1) is 23.2 Å². The van der Waals surface area contributed by atoms with E-state index in [9.17, 15) is 4.79 Å². The van der Waals surface area contributed by atoms with Crippen LogP contribution in [0.5, 0.6) is 0 Å². The fraction of sp³-hybridized carbons (Fsp3) is 0.896. The zero-order valence-corrected chi connectivity index (χ0v) is 42.5. The minimum atomic E-state index is -1.93. The van der Waals surface area contributed by atoms with Gasteiger partial charge in [0.1, 0.15) is 0 Å². The lowest BCUT2D eigenvalue weighted by molar-refractivity contribution is -0.153. The summed E-state index contributed by atoms with van der Waals surface area (Å²) in [6.45, 7) is 35.9. The van der Waals surface area contributed by atoms with Crippen LogP contribution in [0.1, 0.15) is 172 Å². The Hall–Kier alpha value is -0.519. The highest BCUT2D eigenvalue weighted by Gasteiger charge is 2.52. The Balaban J connectivity index is 1.47. The van der Waals surface area contributed by atoms with Crippen LogP contribution in [-0.2, 0) is 22.8 Å². The van der Waals surface area contributed by atoms with Gasteiger partial charge < -0.3 is 18.0 Å². The maximum atomic E-state index is 13.9. The summed E-state index contributed by atoms with van der Waals surface area (Å²) < 4.78 is 27.8. The molecule has 56 heavy (non-hydrogen) atoms. The Kier molecular flexibility index (Phi) is 16.4. The van der Waals surface area contributed by atoms with E-state index in [1.165, 1.54) is 75.1 Å². The molecule has 6 atom stereocenters. The highest BCUT2D eigenvalue weighted by molar-refractivity contribution is 6.74. The van der Waals surface area contributed by atoms with Gasteiger partial charge >= 0.3 is 5.97 Å². The second-order valence-electron chi connectivity index (χ2n) is 22.5. The van der Waals surface area contributed by atoms with Crippen molar-refractivity contribution < 1.29 is 22.8 Å². The first kappa shape index (κ1) is 48.2. The van der Waals surface area contributed by atoms with E-state index in [4.69, 9.17) is 18.0 Å². The summed E-state index contributed by atoms with van der Waals surface area (Å²) in [5.74, 6) is 0.836. The van der Waals surface area contributed by atoms with E-state index in [2.05, 4.69) is 115 Å². The van der Waals surface area contributed by atoms with Gasteiger partial charge in [-0.3, -0.25) is 4.79 Å². The van der Waals surface area contributed by atoms with Gasteiger partial charge in [0.05, 0.1) is 30.3 Å². The standard InChI is InChI=1S/C48H90O5Si3/c1-16-56(17-2,18-3)53-48(30-21-19-20-22-31-48)32-33-50-44(49)37(4)42-27-28-43-39(24-23-29-47(42,43)11)26-25-38-34-40(51-54(12,13)45(5,6)7)36-41(35-38)52-55(14,15)46(8,9)10/h25-26,37,40-43H,16-24,27-36H2,1-15H3/b39-26+/t37-,40+,41+,42+,43-,47+/m0/s1. The van der Waals surface area contributed by atoms with Crippen LogP contribution < -0.4 is 0 Å². The molecular weight excluding hydrogens is 741 g/mol. The Labute approximate surface area is 350 Å². The van der Waals surface area contributed by atoms with E-state index in [0.717, 1.165) is 44.9 Å². The molecule has 4 aliphatic rings. The second kappa shape index (κ2) is 19.0. The fourth-order valence-corrected chi connectivity index (χ4v) is 16.7. The molecule has 4 fully saturated rings. The number of ether oxygens (including phenoxy) is 1. The van der Waals surface area contributed by atoms with Crippen molar-refractivity contribution in [3.8, 4) is 0 Å². The highest BCUT2D eigenvalue weighted by atomic mass is 28.4. The van der Waals surface area contributed by atoms with E-state index in [1.54, 1.807) is 5.57 Å². The molecule has 0 saturated heterocycles. The molecule has 4 saturated carbocycles. The molecule has 0 aromatic rings. The van der Waals surface area contributed by atoms with Crippen molar-refractivity contribution in [1.29, 1.82) is 0 Å². The average Bonchev–Trinajstić information content (AvgIpc) is 3.30. The lowest BCUT2D eigenvalue weighted by Gasteiger charge is -2.45. The molecule has 0 heterocycles. The summed E-state index contributed by atoms with van der Waals surface area (Å²) in [4.78, 5) is 13.9. The maximum absolute atomic E-state index is 13.9. The number of carbonyl (C=O) groups excluding carboxylic acids is 1. The van der Waals surface area contributed by atoms with Crippen LogP contribution in [0.25, 0.3) is 0 Å². The number of hydrogen-bond donors (Lipinski definition) is 0. The van der Waals surface area contributed by atoms with Gasteiger partial charge in [-0.2, -0.15) is 0 Å². The van der Waals surface area contributed by atoms with Crippen molar-refractivity contribution in [2.24, 2.45) is 23.2 Å². The summed E-state index contributed by atoms with van der Waals surface area (Å²) in [7, 11) is -5.62. The quantitative estimate of drug-likeness (QED) is 0.0935. The Morgan fingerprint density at radius 3 is 1.82 bits per heavy atom. The minimum Gasteiger partial charge on any atom is -0.465 e. The number of carbonyl (C=O) groups is 1. The predicted molar refractivity (Wildman–Crippen MR) is 246 cm³/mol. The van der Waals surface area contributed by atoms with Crippen LogP contribution in [0.3, 0.4) is 0 Å². The van der Waals surface area contributed by atoms with Gasteiger partial charge in [-0.05, 0) is 136 Å². The zero-order chi connectivity index (χ0) is 41.8. The van der Waals surface area contributed by atoms with Gasteiger partial charge in [-0.25, -0.2) is 0 Å². The van der Waals surface area contributed by atoms with Gasteiger partial charge in [0, 0.05) is 6.42 Å². The molecule has 0 amide bonds. The number of allylic oxidation sites excluding steroid dienone is 3. The van der Waals surface area contributed by atoms with E-state index in [0.29, 0.717) is 18.4 Å². The van der Waals surface area contributed by atoms with E-state index in [-0.39, 0.29) is 45.2 Å². The fourth-order valence-electron chi connectivity index (χ4n) is 10.8. The van der Waals surface area contributed by atoms with Gasteiger partial charge in [-0.1, -0.05) is 125 Å². The first-order chi connectivity index (χ1) is 26.0. The van der Waals surface area contributed by atoms with Gasteiger partial charge in [0.2, 0.25) is 0 Å². The van der Waals surface area contributed by atoms with Crippen molar-refractivity contribution in [2.75, 3.05) is 6.61 Å². The van der Waals surface area contributed by atoms with Crippen molar-refractivity contribution in [1.82, 2.24) is 0 Å². The minimum absolute atomic E-state index is 0.0200. The third-order valence-electron chi connectivity index (χ3n) is 16.8. The summed E-state index contributed by atoms with van der Waals surface area (Å²) in [6, 6.07) is 3.52. The number of hydrogen-bond acceptors (Lipinski definition) is 5. The van der Waals surface area contributed by atoms with Crippen LogP contribution in [0.15, 0.2) is 23.3 Å². The lowest BCUT2D eigenvalue weighted by atomic mass is 9.61. The number of fused-ring (bicyclic) bond motifs is 1. The average molecular weight is 832 g/mol. The molecule has 0 radical (unpaired) electrons. The monoisotopic (exact) mass is 831 g/mol. The molecule has 0 aliphatic heterocycles. The SMILES string of the molecule is CC[Si](CC)(CC)OC1(CCOC(=O)[C@@H](C)[C@H]2CC[C@H]3/C(=C/C=C4C[C@@H](O[Si](C)(C)C(C)(C)C)C[C@H](O[Si](C)(C)C(C)(C)C)C4)CCC[C@]23C)CCCCCC1. The Morgan fingerprint density at radius 1 is 0.786 bits per heavy atom. The highest BCUT2D eigenvalue weighted by Crippen LogP contribution is 2.59. The molecule has 0 bridgehead atoms. The van der Waals surface area contributed by atoms with Gasteiger partial charge in [-0.15, -0.1) is 0 Å². The zero-order valence-electron chi connectivity index (χ0n) is 39.5. The van der Waals surface area contributed by atoms with Crippen molar-refractivity contribution in [2.45, 2.75) is 245 Å². The van der Waals surface area contributed by atoms with Crippen molar-refractivity contribution in [3.05, 3.63) is 23.3 Å². The molecule has 8 heteroatoms. The molecule has 4 rings (SSSR count). The predicted octanol–water partition coefficient (Wildman–Crippen LogP) is 14.7. The molecule has 0 aromatic carbocycles. The molecule has 5 nitrogen and oxygen atoms in total. The summed E-state index contributed by atoms with van der Waals surface area (Å²) in [6.07, 6.45) is 22.5. The number of rotatable bonds is 15. The number of esters is 1. The molecule has 0 N–H and O–H groups in total. The molecule has 0 unspecified atom stereocenters. The van der Waals surface area contributed by atoms with E-state index in [1.807, 2.05) is 0 Å². The third-order valence-corrected chi connectivity index (χ3v) is 30.6. The van der Waals surface area contributed by atoms with Gasteiger partial charge in [0.15, 0.2) is 25.0 Å². The third kappa shape index (κ3) is 11.4. The van der Waals surface area contributed by atoms with Crippen LogP contribution >= 0.6 is 0 Å². The van der Waals surface area contributed by atoms with Crippen LogP contribution in [0.4, 0.5) is 0 Å². The second-order valence-corrected chi connectivity index (χ2v) is 36.7. The molecule has 0 aromatic heterocycles. The van der Waals surface area contributed by atoms with Crippen molar-refractivity contribution >= 4 is 30.9 Å². The topological polar surface area (TPSA) is 54.0 Å². The summed E-state index contributed by atoms with van der Waals surface area (Å²) in [5.41, 5.74) is 3.12. The first-order valence-corrected chi connectivity index (χ1v) is 31.9. The lowest BCUT2D eigenvalue weighted by Crippen LogP contribution is -2.48. The molecule has 324 valence electrons. The molecule has 0 spiro atoms. The largest absolute Gasteiger partial charge is 0.465 e.